The van der Waals surface area contributed by atoms with E-state index in [1.807, 2.05) is 6.07 Å². The summed E-state index contributed by atoms with van der Waals surface area (Å²) in [5, 5.41) is 0. The Hall–Kier alpha value is -1.95. The van der Waals surface area contributed by atoms with Crippen LogP contribution in [0.25, 0.3) is 10.6 Å². The average Bonchev–Trinajstić information content (AvgIpc) is 3.13. The summed E-state index contributed by atoms with van der Waals surface area (Å²) in [6.45, 7) is 3.23. The molecule has 1 fully saturated rings. The molecule has 0 radical (unpaired) electrons. The number of carbonyl (C=O) groups is 1. The molecule has 1 amide bonds. The number of nitrogens with zero attached hydrogens (tertiary/aromatic N) is 3. The van der Waals surface area contributed by atoms with Crippen molar-refractivity contribution in [2.75, 3.05) is 11.4 Å². The van der Waals surface area contributed by atoms with E-state index in [1.165, 1.54) is 29.0 Å². The average molecular weight is 314 g/mol. The van der Waals surface area contributed by atoms with E-state index < -0.39 is 0 Å². The van der Waals surface area contributed by atoms with Crippen LogP contribution >= 0.6 is 11.3 Å². The lowest BCUT2D eigenvalue weighted by Gasteiger charge is -2.39. The van der Waals surface area contributed by atoms with Gasteiger partial charge in [0, 0.05) is 23.8 Å². The van der Waals surface area contributed by atoms with E-state index in [0.29, 0.717) is 10.9 Å². The highest BCUT2D eigenvalue weighted by atomic mass is 32.1. The largest absolute Gasteiger partial charge is 0.365 e. The Bertz CT molecular complexity index is 755. The highest BCUT2D eigenvalue weighted by Gasteiger charge is 2.29. The zero-order valence-corrected chi connectivity index (χ0v) is 13.3. The quantitative estimate of drug-likeness (QED) is 0.944. The van der Waals surface area contributed by atoms with Gasteiger partial charge in [0.2, 0.25) is 5.95 Å². The highest BCUT2D eigenvalue weighted by Crippen LogP contribution is 2.36. The Kier molecular flexibility index (Phi) is 3.14. The lowest BCUT2D eigenvalue weighted by atomic mass is 10.1. The van der Waals surface area contributed by atoms with Crippen LogP contribution in [0.4, 0.5) is 5.95 Å². The molecule has 1 aliphatic heterocycles. The summed E-state index contributed by atoms with van der Waals surface area (Å²) < 4.78 is 0. The maximum absolute atomic E-state index is 11.3. The second-order valence-electron chi connectivity index (χ2n) is 6.01. The summed E-state index contributed by atoms with van der Waals surface area (Å²) in [7, 11) is 0. The monoisotopic (exact) mass is 314 g/mol. The van der Waals surface area contributed by atoms with Gasteiger partial charge in [0.15, 0.2) is 0 Å². The van der Waals surface area contributed by atoms with Crippen LogP contribution in [0, 0.1) is 0 Å². The normalized spacial score (nSPS) is 19.9. The molecule has 22 heavy (non-hydrogen) atoms. The van der Waals surface area contributed by atoms with Crippen molar-refractivity contribution in [1.29, 1.82) is 0 Å². The number of aryl methyl sites for hydroxylation is 1. The Labute approximate surface area is 133 Å². The molecule has 4 rings (SSSR count). The van der Waals surface area contributed by atoms with Crippen LogP contribution in [-0.4, -0.2) is 28.5 Å². The Morgan fingerprint density at radius 1 is 1.36 bits per heavy atom. The van der Waals surface area contributed by atoms with E-state index in [0.717, 1.165) is 42.3 Å². The number of anilines is 1. The topological polar surface area (TPSA) is 72.1 Å². The predicted octanol–water partition coefficient (Wildman–Crippen LogP) is 2.39. The zero-order chi connectivity index (χ0) is 15.3. The van der Waals surface area contributed by atoms with Crippen molar-refractivity contribution < 1.29 is 4.79 Å². The van der Waals surface area contributed by atoms with Crippen LogP contribution in [0.2, 0.25) is 0 Å². The van der Waals surface area contributed by atoms with E-state index in [4.69, 9.17) is 15.7 Å². The molecule has 1 saturated heterocycles. The van der Waals surface area contributed by atoms with E-state index in [-0.39, 0.29) is 5.91 Å². The zero-order valence-electron chi connectivity index (χ0n) is 12.5. The number of thiophene rings is 1. The van der Waals surface area contributed by atoms with Crippen molar-refractivity contribution in [3.63, 3.8) is 0 Å². The van der Waals surface area contributed by atoms with Crippen LogP contribution in [0.5, 0.6) is 0 Å². The third-order valence-electron chi connectivity index (χ3n) is 4.58. The van der Waals surface area contributed by atoms with Crippen molar-refractivity contribution in [3.05, 3.63) is 28.3 Å². The molecule has 1 atom stereocenters. The smallest absolute Gasteiger partial charge is 0.258 e. The van der Waals surface area contributed by atoms with Gasteiger partial charge in [-0.3, -0.25) is 4.79 Å². The molecular weight excluding hydrogens is 296 g/mol. The number of amides is 1. The van der Waals surface area contributed by atoms with Crippen LogP contribution in [-0.2, 0) is 12.8 Å². The fraction of sp³-hybridized carbons (Fsp3) is 0.438. The second-order valence-corrected chi connectivity index (χ2v) is 7.09. The van der Waals surface area contributed by atoms with E-state index in [2.05, 4.69) is 11.8 Å². The maximum atomic E-state index is 11.3. The van der Waals surface area contributed by atoms with Gasteiger partial charge in [-0.05, 0) is 44.7 Å². The number of carbonyl (C=O) groups excluding carboxylic acids is 1. The number of aromatic nitrogens is 2. The minimum Gasteiger partial charge on any atom is -0.365 e. The van der Waals surface area contributed by atoms with Crippen molar-refractivity contribution in [2.45, 2.75) is 38.6 Å². The molecule has 0 aromatic carbocycles. The number of hydrogen-bond acceptors (Lipinski definition) is 5. The molecule has 2 aromatic heterocycles. The van der Waals surface area contributed by atoms with Gasteiger partial charge in [-0.15, -0.1) is 11.3 Å². The van der Waals surface area contributed by atoms with Crippen molar-refractivity contribution in [2.24, 2.45) is 5.73 Å². The lowest BCUT2D eigenvalue weighted by molar-refractivity contribution is 0.100. The number of primary amides is 1. The van der Waals surface area contributed by atoms with E-state index in [1.54, 1.807) is 6.07 Å². The molecule has 0 spiro atoms. The molecular formula is C16H18N4OS. The predicted molar refractivity (Wildman–Crippen MR) is 87.3 cm³/mol. The number of hydrogen-bond donors (Lipinski definition) is 1. The summed E-state index contributed by atoms with van der Waals surface area (Å²) in [5.74, 6) is 0.460. The molecule has 6 heteroatoms. The first-order valence-corrected chi connectivity index (χ1v) is 8.51. The molecule has 3 heterocycles. The van der Waals surface area contributed by atoms with Gasteiger partial charge in [-0.25, -0.2) is 9.97 Å². The van der Waals surface area contributed by atoms with Crippen molar-refractivity contribution in [3.8, 4) is 10.6 Å². The SMILES string of the molecule is C[C@H]1CCN1c1nc2c(c(-c3ccc(C(N)=O)s3)n1)CCC2. The Morgan fingerprint density at radius 2 is 2.23 bits per heavy atom. The van der Waals surface area contributed by atoms with Gasteiger partial charge in [0.1, 0.15) is 0 Å². The molecule has 0 bridgehead atoms. The molecule has 1 aliphatic carbocycles. The van der Waals surface area contributed by atoms with Crippen LogP contribution in [0.15, 0.2) is 12.1 Å². The van der Waals surface area contributed by atoms with Gasteiger partial charge < -0.3 is 10.6 Å². The van der Waals surface area contributed by atoms with Crippen LogP contribution in [0.1, 0.15) is 40.7 Å². The fourth-order valence-electron chi connectivity index (χ4n) is 3.16. The fourth-order valence-corrected chi connectivity index (χ4v) is 4.04. The first kappa shape index (κ1) is 13.7. The van der Waals surface area contributed by atoms with Crippen molar-refractivity contribution in [1.82, 2.24) is 9.97 Å². The Morgan fingerprint density at radius 3 is 2.86 bits per heavy atom. The highest BCUT2D eigenvalue weighted by molar-refractivity contribution is 7.17. The summed E-state index contributed by atoms with van der Waals surface area (Å²) in [4.78, 5) is 24.8. The molecule has 2 aromatic rings. The van der Waals surface area contributed by atoms with E-state index in [9.17, 15) is 4.79 Å². The van der Waals surface area contributed by atoms with Gasteiger partial charge in [-0.1, -0.05) is 0 Å². The molecule has 5 nitrogen and oxygen atoms in total. The third-order valence-corrected chi connectivity index (χ3v) is 5.69. The number of nitrogens with two attached hydrogens (primary N) is 1. The van der Waals surface area contributed by atoms with Crippen LogP contribution in [0.3, 0.4) is 0 Å². The van der Waals surface area contributed by atoms with Gasteiger partial charge in [-0.2, -0.15) is 0 Å². The molecule has 114 valence electrons. The molecule has 2 aliphatic rings. The minimum atomic E-state index is -0.376. The standard InChI is InChI=1S/C16H18N4OS/c1-9-7-8-20(9)16-18-11-4-2-3-10(11)14(19-16)12-5-6-13(22-12)15(17)21/h5-6,9H,2-4,7-8H2,1H3,(H2,17,21)/t9-/m0/s1. The van der Waals surface area contributed by atoms with E-state index >= 15 is 0 Å². The molecule has 0 unspecified atom stereocenters. The summed E-state index contributed by atoms with van der Waals surface area (Å²) in [5.41, 5.74) is 8.79. The summed E-state index contributed by atoms with van der Waals surface area (Å²) in [6.07, 6.45) is 4.36. The maximum Gasteiger partial charge on any atom is 0.258 e. The third kappa shape index (κ3) is 2.09. The first-order valence-electron chi connectivity index (χ1n) is 7.70. The first-order chi connectivity index (χ1) is 10.6. The number of fused-ring (bicyclic) bond motifs is 1. The second kappa shape index (κ2) is 5.05. The van der Waals surface area contributed by atoms with Crippen molar-refractivity contribution >= 4 is 23.2 Å². The minimum absolute atomic E-state index is 0.376. The Balaban J connectivity index is 1.81. The van der Waals surface area contributed by atoms with Gasteiger partial charge in [0.25, 0.3) is 5.91 Å². The number of rotatable bonds is 3. The van der Waals surface area contributed by atoms with Crippen LogP contribution < -0.4 is 10.6 Å². The molecule has 0 saturated carbocycles. The van der Waals surface area contributed by atoms with Gasteiger partial charge in [0.05, 0.1) is 15.4 Å². The lowest BCUT2D eigenvalue weighted by Crippen LogP contribution is -2.46. The summed E-state index contributed by atoms with van der Waals surface area (Å²) >= 11 is 1.42. The molecule has 2 N–H and O–H groups in total. The summed E-state index contributed by atoms with van der Waals surface area (Å²) in [6, 6.07) is 4.25. The van der Waals surface area contributed by atoms with Gasteiger partial charge >= 0.3 is 0 Å².